The molecule has 0 fully saturated rings. The number of carboxylic acid groups (broad SMARTS) is 1. The Bertz CT molecular complexity index is 1440. The molecule has 31 heavy (non-hydrogen) atoms. The van der Waals surface area contributed by atoms with Gasteiger partial charge in [0, 0.05) is 28.6 Å². The van der Waals surface area contributed by atoms with Crippen LogP contribution in [-0.2, 0) is 10.2 Å². The molecular weight excluding hydrogens is 388 g/mol. The Morgan fingerprint density at radius 3 is 2.84 bits per heavy atom. The van der Waals surface area contributed by atoms with Gasteiger partial charge in [-0.05, 0) is 71.7 Å². The van der Waals surface area contributed by atoms with E-state index in [1.807, 2.05) is 24.3 Å². The molecule has 3 aliphatic heterocycles. The standard InChI is InChI=1S/C26H22N2O3/c1-26(14-24(30)31)20-4-2-3-5-23(20)28-9-8-21-19(25(26)28)12-17-10-15-6-7-18(29)11-16(15)13-22(17)27-21/h2-7,10-13,21,29H,8-9,14H2,1H3,(H,30,31). The number of rotatable bonds is 2. The summed E-state index contributed by atoms with van der Waals surface area (Å²) in [6, 6.07) is 17.7. The van der Waals surface area contributed by atoms with Crippen molar-refractivity contribution in [2.24, 2.45) is 4.99 Å². The van der Waals surface area contributed by atoms with Crippen LogP contribution in [0.1, 0.15) is 25.3 Å². The molecule has 0 saturated carbocycles. The van der Waals surface area contributed by atoms with Crippen LogP contribution in [0.2, 0.25) is 0 Å². The molecule has 0 aromatic heterocycles. The number of fused-ring (bicyclic) bond motifs is 6. The number of aliphatic carboxylic acids is 1. The predicted molar refractivity (Wildman–Crippen MR) is 120 cm³/mol. The minimum absolute atomic E-state index is 0.0101. The lowest BCUT2D eigenvalue weighted by molar-refractivity contribution is -0.138. The van der Waals surface area contributed by atoms with Gasteiger partial charge in [0.1, 0.15) is 5.75 Å². The highest BCUT2D eigenvalue weighted by Gasteiger charge is 2.48. The average molecular weight is 410 g/mol. The van der Waals surface area contributed by atoms with Gasteiger partial charge in [-0.1, -0.05) is 24.3 Å². The first kappa shape index (κ1) is 18.2. The minimum Gasteiger partial charge on any atom is -0.508 e. The van der Waals surface area contributed by atoms with Crippen molar-refractivity contribution in [2.45, 2.75) is 31.2 Å². The Kier molecular flexibility index (Phi) is 3.64. The molecule has 3 aromatic rings. The fourth-order valence-electron chi connectivity index (χ4n) is 5.63. The Labute approximate surface area is 179 Å². The molecule has 0 bridgehead atoms. The SMILES string of the molecule is CC1(CC(=O)O)C2=C3C=c4cc5ccc(O)cc5cc4=NC3CCN2c2ccccc21. The molecular formula is C26H22N2O3. The number of para-hydroxylation sites is 1. The predicted octanol–water partition coefficient (Wildman–Crippen LogP) is 3.24. The summed E-state index contributed by atoms with van der Waals surface area (Å²) in [7, 11) is 0. The van der Waals surface area contributed by atoms with Gasteiger partial charge in [-0.2, -0.15) is 0 Å². The third-order valence-electron chi connectivity index (χ3n) is 6.92. The molecule has 0 spiro atoms. The van der Waals surface area contributed by atoms with Crippen LogP contribution in [0, 0.1) is 0 Å². The molecule has 6 rings (SSSR count). The maximum Gasteiger partial charge on any atom is 0.304 e. The summed E-state index contributed by atoms with van der Waals surface area (Å²) >= 11 is 0. The van der Waals surface area contributed by atoms with E-state index in [2.05, 4.69) is 36.1 Å². The summed E-state index contributed by atoms with van der Waals surface area (Å²) in [5, 5.41) is 23.6. The van der Waals surface area contributed by atoms with E-state index in [1.165, 1.54) is 0 Å². The van der Waals surface area contributed by atoms with E-state index in [1.54, 1.807) is 12.1 Å². The number of nitrogens with zero attached hydrogens (tertiary/aromatic N) is 2. The topological polar surface area (TPSA) is 73.1 Å². The van der Waals surface area contributed by atoms with Gasteiger partial charge >= 0.3 is 5.97 Å². The Morgan fingerprint density at radius 1 is 1.16 bits per heavy atom. The summed E-state index contributed by atoms with van der Waals surface area (Å²) in [4.78, 5) is 19.3. The van der Waals surface area contributed by atoms with Gasteiger partial charge in [0.15, 0.2) is 0 Å². The number of hydrogen-bond donors (Lipinski definition) is 2. The third kappa shape index (κ3) is 2.56. The van der Waals surface area contributed by atoms with E-state index in [4.69, 9.17) is 4.99 Å². The molecule has 154 valence electrons. The van der Waals surface area contributed by atoms with E-state index >= 15 is 0 Å². The highest BCUT2D eigenvalue weighted by Crippen LogP contribution is 2.53. The van der Waals surface area contributed by atoms with Crippen molar-refractivity contribution in [1.82, 2.24) is 0 Å². The van der Waals surface area contributed by atoms with Crippen LogP contribution >= 0.6 is 0 Å². The van der Waals surface area contributed by atoms with Gasteiger partial charge in [-0.25, -0.2) is 0 Å². The first-order chi connectivity index (χ1) is 14.9. The zero-order valence-electron chi connectivity index (χ0n) is 17.2. The molecule has 5 heteroatoms. The molecule has 0 aliphatic carbocycles. The summed E-state index contributed by atoms with van der Waals surface area (Å²) in [6.45, 7) is 2.87. The number of hydrogen-bond acceptors (Lipinski definition) is 4. The molecule has 0 amide bonds. The minimum atomic E-state index is -0.798. The van der Waals surface area contributed by atoms with Crippen molar-refractivity contribution in [2.75, 3.05) is 11.4 Å². The highest BCUT2D eigenvalue weighted by atomic mass is 16.4. The van der Waals surface area contributed by atoms with Gasteiger partial charge in [-0.3, -0.25) is 9.79 Å². The van der Waals surface area contributed by atoms with Crippen molar-refractivity contribution in [3.05, 3.63) is 82.0 Å². The molecule has 2 atom stereocenters. The van der Waals surface area contributed by atoms with Crippen molar-refractivity contribution in [3.8, 4) is 5.75 Å². The molecule has 3 aliphatic rings. The van der Waals surface area contributed by atoms with Gasteiger partial charge in [0.2, 0.25) is 0 Å². The Balaban J connectivity index is 1.64. The first-order valence-electron chi connectivity index (χ1n) is 10.6. The van der Waals surface area contributed by atoms with Crippen LogP contribution < -0.4 is 15.5 Å². The summed E-state index contributed by atoms with van der Waals surface area (Å²) in [6.07, 6.45) is 3.13. The third-order valence-corrected chi connectivity index (χ3v) is 6.92. The van der Waals surface area contributed by atoms with Crippen LogP contribution in [0.5, 0.6) is 5.75 Å². The quantitative estimate of drug-likeness (QED) is 0.680. The van der Waals surface area contributed by atoms with Gasteiger partial charge in [0.05, 0.1) is 17.8 Å². The maximum absolute atomic E-state index is 11.9. The largest absolute Gasteiger partial charge is 0.508 e. The second-order valence-corrected chi connectivity index (χ2v) is 8.90. The van der Waals surface area contributed by atoms with Crippen molar-refractivity contribution < 1.29 is 15.0 Å². The number of phenolic OH excluding ortho intramolecular Hbond substituents is 1. The zero-order chi connectivity index (χ0) is 21.3. The highest BCUT2D eigenvalue weighted by molar-refractivity contribution is 5.85. The fraction of sp³-hybridized carbons (Fsp3) is 0.231. The summed E-state index contributed by atoms with van der Waals surface area (Å²) in [5.41, 5.74) is 3.79. The van der Waals surface area contributed by atoms with E-state index in [9.17, 15) is 15.0 Å². The van der Waals surface area contributed by atoms with Crippen molar-refractivity contribution >= 4 is 28.5 Å². The van der Waals surface area contributed by atoms with Crippen LogP contribution in [0.3, 0.4) is 0 Å². The molecule has 3 heterocycles. The normalized spacial score (nSPS) is 23.4. The van der Waals surface area contributed by atoms with Gasteiger partial charge in [-0.15, -0.1) is 0 Å². The summed E-state index contributed by atoms with van der Waals surface area (Å²) in [5.74, 6) is -0.551. The van der Waals surface area contributed by atoms with Crippen LogP contribution in [0.25, 0.3) is 16.8 Å². The lowest BCUT2D eigenvalue weighted by atomic mass is 9.75. The van der Waals surface area contributed by atoms with Crippen LogP contribution in [-0.4, -0.2) is 28.8 Å². The second-order valence-electron chi connectivity index (χ2n) is 8.90. The number of allylic oxidation sites excluding steroid dienone is 1. The van der Waals surface area contributed by atoms with E-state index < -0.39 is 11.4 Å². The van der Waals surface area contributed by atoms with E-state index in [-0.39, 0.29) is 18.2 Å². The fourth-order valence-corrected chi connectivity index (χ4v) is 5.63. The molecule has 0 saturated heterocycles. The number of carbonyl (C=O) groups is 1. The molecule has 0 radical (unpaired) electrons. The average Bonchev–Trinajstić information content (AvgIpc) is 2.99. The Morgan fingerprint density at radius 2 is 2.00 bits per heavy atom. The monoisotopic (exact) mass is 410 g/mol. The lowest BCUT2D eigenvalue weighted by Crippen LogP contribution is -2.42. The van der Waals surface area contributed by atoms with Crippen molar-refractivity contribution in [3.63, 3.8) is 0 Å². The number of phenols is 1. The van der Waals surface area contributed by atoms with Crippen LogP contribution in [0.15, 0.2) is 70.9 Å². The molecule has 2 unspecified atom stereocenters. The number of benzene rings is 3. The van der Waals surface area contributed by atoms with E-state index in [0.717, 1.165) is 56.8 Å². The zero-order valence-corrected chi connectivity index (χ0v) is 17.2. The molecule has 5 nitrogen and oxygen atoms in total. The van der Waals surface area contributed by atoms with Crippen molar-refractivity contribution in [1.29, 1.82) is 0 Å². The van der Waals surface area contributed by atoms with E-state index in [0.29, 0.717) is 0 Å². The summed E-state index contributed by atoms with van der Waals surface area (Å²) < 4.78 is 0. The van der Waals surface area contributed by atoms with Gasteiger partial charge in [0.25, 0.3) is 0 Å². The number of anilines is 1. The number of aromatic hydroxyl groups is 1. The second kappa shape index (κ2) is 6.20. The maximum atomic E-state index is 11.9. The number of carboxylic acids is 1. The smallest absolute Gasteiger partial charge is 0.304 e. The molecule has 3 aromatic carbocycles. The van der Waals surface area contributed by atoms with Gasteiger partial charge < -0.3 is 15.1 Å². The molecule has 2 N–H and O–H groups in total. The lowest BCUT2D eigenvalue weighted by Gasteiger charge is -2.38. The Hall–Kier alpha value is -3.60. The van der Waals surface area contributed by atoms with Crippen LogP contribution in [0.4, 0.5) is 5.69 Å². The first-order valence-corrected chi connectivity index (χ1v) is 10.6.